The molecule has 2 aliphatic rings. The van der Waals surface area contributed by atoms with Crippen LogP contribution in [0.2, 0.25) is 0 Å². The molecule has 0 radical (unpaired) electrons. The van der Waals surface area contributed by atoms with Gasteiger partial charge < -0.3 is 0 Å². The number of hydrogen-bond acceptors (Lipinski definition) is 0. The SMILES string of the molecule is C1=CC(c2ccc(Cc3ccc(C4C=CC=C4)cc3)cc2)C=C1. The molecule has 0 heteroatoms. The lowest BCUT2D eigenvalue weighted by atomic mass is 9.95. The maximum absolute atomic E-state index is 2.26. The summed E-state index contributed by atoms with van der Waals surface area (Å²) in [5.41, 5.74) is 5.48. The number of allylic oxidation sites excluding steroid dienone is 8. The van der Waals surface area contributed by atoms with Gasteiger partial charge in [0.05, 0.1) is 0 Å². The molecule has 0 saturated carbocycles. The summed E-state index contributed by atoms with van der Waals surface area (Å²) in [6.07, 6.45) is 18.4. The van der Waals surface area contributed by atoms with Crippen LogP contribution in [-0.4, -0.2) is 0 Å². The van der Waals surface area contributed by atoms with Crippen LogP contribution in [0.5, 0.6) is 0 Å². The highest BCUT2D eigenvalue weighted by Gasteiger charge is 2.08. The molecule has 112 valence electrons. The Balaban J connectivity index is 1.45. The van der Waals surface area contributed by atoms with Crippen LogP contribution >= 0.6 is 0 Å². The zero-order valence-electron chi connectivity index (χ0n) is 13.1. The molecule has 0 aromatic heterocycles. The third-order valence-electron chi connectivity index (χ3n) is 4.63. The van der Waals surface area contributed by atoms with Crippen molar-refractivity contribution < 1.29 is 0 Å². The predicted molar refractivity (Wildman–Crippen MR) is 97.7 cm³/mol. The molecule has 0 atom stereocenters. The van der Waals surface area contributed by atoms with E-state index in [1.54, 1.807) is 0 Å². The van der Waals surface area contributed by atoms with E-state index in [9.17, 15) is 0 Å². The number of benzene rings is 2. The number of hydrogen-bond donors (Lipinski definition) is 0. The second-order valence-corrected chi connectivity index (χ2v) is 6.25. The Hall–Kier alpha value is -2.60. The van der Waals surface area contributed by atoms with Gasteiger partial charge in [-0.25, -0.2) is 0 Å². The Bertz CT molecular complexity index is 689. The molecule has 4 rings (SSSR count). The van der Waals surface area contributed by atoms with Crippen LogP contribution in [0.3, 0.4) is 0 Å². The average molecular weight is 296 g/mol. The van der Waals surface area contributed by atoms with Crippen molar-refractivity contribution >= 4 is 0 Å². The summed E-state index contributed by atoms with van der Waals surface area (Å²) in [4.78, 5) is 0. The van der Waals surface area contributed by atoms with Crippen LogP contribution < -0.4 is 0 Å². The molecule has 0 saturated heterocycles. The van der Waals surface area contributed by atoms with Gasteiger partial charge in [0.1, 0.15) is 0 Å². The minimum absolute atomic E-state index is 0.454. The van der Waals surface area contributed by atoms with Gasteiger partial charge in [0.2, 0.25) is 0 Å². The standard InChI is InChI=1S/C23H20/c1-2-6-20(5-1)22-13-9-18(10-14-22)17-19-11-15-23(16-12-19)21-7-3-4-8-21/h1-16,20-21H,17H2. The van der Waals surface area contributed by atoms with E-state index in [0.717, 1.165) is 6.42 Å². The van der Waals surface area contributed by atoms with Crippen molar-refractivity contribution in [3.8, 4) is 0 Å². The number of rotatable bonds is 4. The smallest absolute Gasteiger partial charge is 0.0204 e. The highest BCUT2D eigenvalue weighted by atomic mass is 14.1. The van der Waals surface area contributed by atoms with Crippen molar-refractivity contribution in [3.05, 3.63) is 119 Å². The molecule has 2 aromatic carbocycles. The van der Waals surface area contributed by atoms with Crippen LogP contribution in [0.4, 0.5) is 0 Å². The van der Waals surface area contributed by atoms with Crippen LogP contribution in [0.25, 0.3) is 0 Å². The van der Waals surface area contributed by atoms with Gasteiger partial charge in [0.15, 0.2) is 0 Å². The monoisotopic (exact) mass is 296 g/mol. The van der Waals surface area contributed by atoms with E-state index in [2.05, 4.69) is 97.1 Å². The minimum atomic E-state index is 0.454. The van der Waals surface area contributed by atoms with E-state index >= 15 is 0 Å². The van der Waals surface area contributed by atoms with Crippen LogP contribution in [0, 0.1) is 0 Å². The molecule has 0 N–H and O–H groups in total. The van der Waals surface area contributed by atoms with Crippen molar-refractivity contribution in [2.45, 2.75) is 18.3 Å². The van der Waals surface area contributed by atoms with Crippen LogP contribution in [0.15, 0.2) is 97.1 Å². The fraction of sp³-hybridized carbons (Fsp3) is 0.130. The highest BCUT2D eigenvalue weighted by molar-refractivity contribution is 5.39. The van der Waals surface area contributed by atoms with E-state index in [1.807, 2.05) is 0 Å². The first-order chi connectivity index (χ1) is 11.4. The third-order valence-corrected chi connectivity index (χ3v) is 4.63. The molecule has 0 amide bonds. The average Bonchev–Trinajstić information content (AvgIpc) is 3.30. The first kappa shape index (κ1) is 14.0. The maximum Gasteiger partial charge on any atom is 0.0204 e. The summed E-state index contributed by atoms with van der Waals surface area (Å²) in [5.74, 6) is 0.909. The quantitative estimate of drug-likeness (QED) is 0.679. The summed E-state index contributed by atoms with van der Waals surface area (Å²) in [7, 11) is 0. The van der Waals surface area contributed by atoms with Crippen LogP contribution in [0.1, 0.15) is 34.1 Å². The van der Waals surface area contributed by atoms with Gasteiger partial charge in [0.25, 0.3) is 0 Å². The summed E-state index contributed by atoms with van der Waals surface area (Å²) in [6, 6.07) is 18.0. The topological polar surface area (TPSA) is 0 Å². The van der Waals surface area contributed by atoms with E-state index in [-0.39, 0.29) is 0 Å². The van der Waals surface area contributed by atoms with Gasteiger partial charge in [-0.1, -0.05) is 97.1 Å². The van der Waals surface area contributed by atoms with E-state index < -0.39 is 0 Å². The fourth-order valence-electron chi connectivity index (χ4n) is 3.26. The van der Waals surface area contributed by atoms with Crippen molar-refractivity contribution in [1.29, 1.82) is 0 Å². The highest BCUT2D eigenvalue weighted by Crippen LogP contribution is 2.25. The molecule has 0 spiro atoms. The molecule has 0 aliphatic heterocycles. The molecular formula is C23H20. The Morgan fingerprint density at radius 2 is 0.826 bits per heavy atom. The van der Waals surface area contributed by atoms with E-state index in [0.29, 0.717) is 11.8 Å². The Morgan fingerprint density at radius 1 is 0.478 bits per heavy atom. The van der Waals surface area contributed by atoms with Crippen molar-refractivity contribution in [2.24, 2.45) is 0 Å². The van der Waals surface area contributed by atoms with Gasteiger partial charge in [-0.3, -0.25) is 0 Å². The van der Waals surface area contributed by atoms with Gasteiger partial charge in [0, 0.05) is 11.8 Å². The second-order valence-electron chi connectivity index (χ2n) is 6.25. The molecule has 0 unspecified atom stereocenters. The molecular weight excluding hydrogens is 276 g/mol. The Labute approximate surface area is 138 Å². The zero-order valence-corrected chi connectivity index (χ0v) is 13.1. The molecule has 0 fully saturated rings. The summed E-state index contributed by atoms with van der Waals surface area (Å²) in [5, 5.41) is 0. The molecule has 0 heterocycles. The first-order valence-electron chi connectivity index (χ1n) is 8.26. The lowest BCUT2D eigenvalue weighted by Gasteiger charge is -2.09. The Morgan fingerprint density at radius 3 is 1.17 bits per heavy atom. The summed E-state index contributed by atoms with van der Waals surface area (Å²) in [6.45, 7) is 0. The first-order valence-corrected chi connectivity index (χ1v) is 8.26. The molecule has 2 aliphatic carbocycles. The summed E-state index contributed by atoms with van der Waals surface area (Å²) >= 11 is 0. The van der Waals surface area contributed by atoms with E-state index in [4.69, 9.17) is 0 Å². The van der Waals surface area contributed by atoms with Gasteiger partial charge >= 0.3 is 0 Å². The molecule has 0 nitrogen and oxygen atoms in total. The normalized spacial score (nSPS) is 16.7. The fourth-order valence-corrected chi connectivity index (χ4v) is 3.26. The van der Waals surface area contributed by atoms with Crippen molar-refractivity contribution in [1.82, 2.24) is 0 Å². The lowest BCUT2D eigenvalue weighted by Crippen LogP contribution is -1.93. The van der Waals surface area contributed by atoms with Gasteiger partial charge in [-0.05, 0) is 28.7 Å². The molecule has 23 heavy (non-hydrogen) atoms. The predicted octanol–water partition coefficient (Wildman–Crippen LogP) is 5.70. The van der Waals surface area contributed by atoms with E-state index in [1.165, 1.54) is 22.3 Å². The minimum Gasteiger partial charge on any atom is -0.0732 e. The molecule has 0 bridgehead atoms. The Kier molecular flexibility index (Phi) is 3.81. The largest absolute Gasteiger partial charge is 0.0732 e. The molecule has 2 aromatic rings. The third kappa shape index (κ3) is 3.12. The second kappa shape index (κ2) is 6.26. The van der Waals surface area contributed by atoms with Crippen molar-refractivity contribution in [2.75, 3.05) is 0 Å². The summed E-state index contributed by atoms with van der Waals surface area (Å²) < 4.78 is 0. The van der Waals surface area contributed by atoms with Crippen molar-refractivity contribution in [3.63, 3.8) is 0 Å². The maximum atomic E-state index is 2.26. The van der Waals surface area contributed by atoms with Crippen LogP contribution in [-0.2, 0) is 6.42 Å². The zero-order chi connectivity index (χ0) is 15.5. The van der Waals surface area contributed by atoms with Gasteiger partial charge in [-0.2, -0.15) is 0 Å². The van der Waals surface area contributed by atoms with Gasteiger partial charge in [-0.15, -0.1) is 0 Å². The lowest BCUT2D eigenvalue weighted by molar-refractivity contribution is 1.08.